The van der Waals surface area contributed by atoms with Crippen molar-refractivity contribution >= 4 is 33.2 Å². The molecule has 4 rings (SSSR count). The number of nitrogens with zero attached hydrogens (tertiary/aromatic N) is 2. The van der Waals surface area contributed by atoms with Gasteiger partial charge in [-0.1, -0.05) is 26.0 Å². The molecule has 176 valence electrons. The first-order chi connectivity index (χ1) is 15.8. The van der Waals surface area contributed by atoms with Crippen molar-refractivity contribution in [2.75, 3.05) is 29.9 Å². The monoisotopic (exact) mass is 469 g/mol. The van der Waals surface area contributed by atoms with Gasteiger partial charge in [-0.25, -0.2) is 8.42 Å². The smallest absolute Gasteiger partial charge is 0.244 e. The van der Waals surface area contributed by atoms with Crippen LogP contribution in [0.1, 0.15) is 44.2 Å². The Hall–Kier alpha value is -2.71. The standard InChI is InChI=1S/C25H31N3O4S/c1-3-19-4-7-21(8-5-19)26-24(29)17-28-23-10-9-22(16-20(23)6-11-25(28)30)33(31,32)27-14-12-18(2)13-15-27/h4-5,7-10,16,18H,3,6,11-15,17H2,1-2H3,(H,26,29). The number of carbonyl (C=O) groups is 2. The molecule has 2 aliphatic heterocycles. The lowest BCUT2D eigenvalue weighted by Gasteiger charge is -2.31. The summed E-state index contributed by atoms with van der Waals surface area (Å²) in [6.45, 7) is 5.16. The first kappa shape index (κ1) is 23.4. The molecule has 0 atom stereocenters. The molecule has 33 heavy (non-hydrogen) atoms. The van der Waals surface area contributed by atoms with Gasteiger partial charge in [-0.15, -0.1) is 0 Å². The van der Waals surface area contributed by atoms with E-state index in [1.54, 1.807) is 22.5 Å². The average Bonchev–Trinajstić information content (AvgIpc) is 2.81. The Bertz CT molecular complexity index is 1140. The second-order valence-corrected chi connectivity index (χ2v) is 10.9. The highest BCUT2D eigenvalue weighted by molar-refractivity contribution is 7.89. The predicted octanol–water partition coefficient (Wildman–Crippen LogP) is 3.59. The van der Waals surface area contributed by atoms with Crippen LogP contribution in [0.3, 0.4) is 0 Å². The molecule has 2 aromatic carbocycles. The van der Waals surface area contributed by atoms with Crippen LogP contribution in [-0.2, 0) is 32.5 Å². The highest BCUT2D eigenvalue weighted by atomic mass is 32.2. The molecule has 0 spiro atoms. The quantitative estimate of drug-likeness (QED) is 0.701. The fourth-order valence-electron chi connectivity index (χ4n) is 4.41. The molecule has 2 heterocycles. The van der Waals surface area contributed by atoms with Crippen molar-refractivity contribution < 1.29 is 18.0 Å². The van der Waals surface area contributed by atoms with Crippen LogP contribution >= 0.6 is 0 Å². The number of piperidine rings is 1. The van der Waals surface area contributed by atoms with E-state index in [9.17, 15) is 18.0 Å². The number of sulfonamides is 1. The van der Waals surface area contributed by atoms with Crippen LogP contribution in [0.4, 0.5) is 11.4 Å². The van der Waals surface area contributed by atoms with Gasteiger partial charge in [0.1, 0.15) is 6.54 Å². The summed E-state index contributed by atoms with van der Waals surface area (Å²) >= 11 is 0. The molecule has 8 heteroatoms. The highest BCUT2D eigenvalue weighted by Crippen LogP contribution is 2.32. The van der Waals surface area contributed by atoms with Gasteiger partial charge in [-0.05, 0) is 73.1 Å². The average molecular weight is 470 g/mol. The van der Waals surface area contributed by atoms with Crippen molar-refractivity contribution in [1.29, 1.82) is 0 Å². The molecule has 1 N–H and O–H groups in total. The Balaban J connectivity index is 1.50. The fourth-order valence-corrected chi connectivity index (χ4v) is 5.93. The van der Waals surface area contributed by atoms with Gasteiger partial charge in [0.15, 0.2) is 0 Å². The molecule has 2 aromatic rings. The summed E-state index contributed by atoms with van der Waals surface area (Å²) in [5, 5.41) is 2.84. The van der Waals surface area contributed by atoms with Crippen molar-refractivity contribution in [2.45, 2.75) is 50.8 Å². The van der Waals surface area contributed by atoms with Crippen LogP contribution < -0.4 is 10.2 Å². The lowest BCUT2D eigenvalue weighted by Crippen LogP contribution is -2.41. The van der Waals surface area contributed by atoms with E-state index < -0.39 is 10.0 Å². The molecule has 1 fully saturated rings. The molecule has 2 amide bonds. The number of carbonyl (C=O) groups excluding carboxylic acids is 2. The molecule has 0 saturated carbocycles. The Morgan fingerprint density at radius 3 is 2.42 bits per heavy atom. The first-order valence-corrected chi connectivity index (χ1v) is 13.0. The number of fused-ring (bicyclic) bond motifs is 1. The number of anilines is 2. The minimum absolute atomic E-state index is 0.114. The molecular weight excluding hydrogens is 438 g/mol. The number of rotatable bonds is 6. The summed E-state index contributed by atoms with van der Waals surface area (Å²) in [5.74, 6) is 0.106. The molecule has 0 unspecified atom stereocenters. The molecular formula is C25H31N3O4S. The lowest BCUT2D eigenvalue weighted by molar-refractivity contribution is -0.121. The SMILES string of the molecule is CCc1ccc(NC(=O)CN2C(=O)CCc3cc(S(=O)(=O)N4CCC(C)CC4)ccc32)cc1. The maximum absolute atomic E-state index is 13.1. The van der Waals surface area contributed by atoms with E-state index in [0.717, 1.165) is 24.8 Å². The van der Waals surface area contributed by atoms with Gasteiger partial charge in [-0.2, -0.15) is 4.31 Å². The van der Waals surface area contributed by atoms with Crippen molar-refractivity contribution in [2.24, 2.45) is 5.92 Å². The van der Waals surface area contributed by atoms with Gasteiger partial charge in [0.2, 0.25) is 21.8 Å². The second kappa shape index (κ2) is 9.65. The summed E-state index contributed by atoms with van der Waals surface area (Å²) in [4.78, 5) is 27.0. The second-order valence-electron chi connectivity index (χ2n) is 8.96. The Morgan fingerprint density at radius 1 is 1.06 bits per heavy atom. The Labute approximate surface area is 195 Å². The Kier molecular flexibility index (Phi) is 6.86. The topological polar surface area (TPSA) is 86.8 Å². The molecule has 0 bridgehead atoms. The number of nitrogens with one attached hydrogen (secondary N) is 1. The molecule has 2 aliphatic rings. The van der Waals surface area contributed by atoms with Crippen LogP contribution in [-0.4, -0.2) is 44.2 Å². The zero-order valence-electron chi connectivity index (χ0n) is 19.2. The van der Waals surface area contributed by atoms with Crippen LogP contribution in [0.2, 0.25) is 0 Å². The van der Waals surface area contributed by atoms with Crippen LogP contribution in [0.5, 0.6) is 0 Å². The molecule has 0 aromatic heterocycles. The zero-order chi connectivity index (χ0) is 23.6. The normalized spacial score (nSPS) is 17.6. The number of aryl methyl sites for hydroxylation is 2. The summed E-state index contributed by atoms with van der Waals surface area (Å²) in [6.07, 6.45) is 3.36. The van der Waals surface area contributed by atoms with E-state index in [1.165, 1.54) is 10.5 Å². The third kappa shape index (κ3) is 5.12. The molecule has 0 aliphatic carbocycles. The Morgan fingerprint density at radius 2 is 1.76 bits per heavy atom. The van der Waals surface area contributed by atoms with Crippen LogP contribution in [0.15, 0.2) is 47.4 Å². The molecule has 1 saturated heterocycles. The van der Waals surface area contributed by atoms with Gasteiger partial charge in [-0.3, -0.25) is 9.59 Å². The molecule has 0 radical (unpaired) electrons. The van der Waals surface area contributed by atoms with E-state index >= 15 is 0 Å². The number of benzene rings is 2. The molecule has 7 nitrogen and oxygen atoms in total. The number of hydrogen-bond donors (Lipinski definition) is 1. The predicted molar refractivity (Wildman–Crippen MR) is 129 cm³/mol. The van der Waals surface area contributed by atoms with Crippen molar-refractivity contribution in [3.05, 3.63) is 53.6 Å². The fraction of sp³-hybridized carbons (Fsp3) is 0.440. The van der Waals surface area contributed by atoms with Crippen LogP contribution in [0.25, 0.3) is 0 Å². The summed E-state index contributed by atoms with van der Waals surface area (Å²) in [7, 11) is -3.57. The van der Waals surface area contributed by atoms with Gasteiger partial charge >= 0.3 is 0 Å². The first-order valence-electron chi connectivity index (χ1n) is 11.6. The van der Waals surface area contributed by atoms with E-state index in [-0.39, 0.29) is 29.7 Å². The van der Waals surface area contributed by atoms with E-state index in [0.29, 0.717) is 36.8 Å². The van der Waals surface area contributed by atoms with E-state index in [2.05, 4.69) is 19.2 Å². The number of amides is 2. The largest absolute Gasteiger partial charge is 0.325 e. The summed E-state index contributed by atoms with van der Waals surface area (Å²) in [5.41, 5.74) is 3.24. The lowest BCUT2D eigenvalue weighted by atomic mass is 10.0. The van der Waals surface area contributed by atoms with E-state index in [1.807, 2.05) is 24.3 Å². The third-order valence-electron chi connectivity index (χ3n) is 6.58. The highest BCUT2D eigenvalue weighted by Gasteiger charge is 2.31. The van der Waals surface area contributed by atoms with Crippen molar-refractivity contribution in [1.82, 2.24) is 4.31 Å². The maximum atomic E-state index is 13.1. The third-order valence-corrected chi connectivity index (χ3v) is 8.47. The van der Waals surface area contributed by atoms with E-state index in [4.69, 9.17) is 0 Å². The van der Waals surface area contributed by atoms with Gasteiger partial charge in [0.25, 0.3) is 0 Å². The van der Waals surface area contributed by atoms with Crippen molar-refractivity contribution in [3.63, 3.8) is 0 Å². The maximum Gasteiger partial charge on any atom is 0.244 e. The van der Waals surface area contributed by atoms with Crippen molar-refractivity contribution in [3.8, 4) is 0 Å². The number of hydrogen-bond acceptors (Lipinski definition) is 4. The van der Waals surface area contributed by atoms with Gasteiger partial charge in [0, 0.05) is 30.9 Å². The van der Waals surface area contributed by atoms with Gasteiger partial charge in [0.05, 0.1) is 4.90 Å². The summed E-state index contributed by atoms with van der Waals surface area (Å²) in [6, 6.07) is 12.5. The van der Waals surface area contributed by atoms with Gasteiger partial charge < -0.3 is 10.2 Å². The zero-order valence-corrected chi connectivity index (χ0v) is 20.0. The summed E-state index contributed by atoms with van der Waals surface area (Å²) < 4.78 is 27.8. The minimum atomic E-state index is -3.57. The minimum Gasteiger partial charge on any atom is -0.325 e. The van der Waals surface area contributed by atoms with Crippen LogP contribution in [0, 0.1) is 5.92 Å².